The maximum absolute atomic E-state index is 12.1. The van der Waals surface area contributed by atoms with Crippen molar-refractivity contribution in [3.63, 3.8) is 0 Å². The molecule has 2 unspecified atom stereocenters. The molecular weight excluding hydrogens is 322 g/mol. The minimum atomic E-state index is -0.708. The highest BCUT2D eigenvalue weighted by Crippen LogP contribution is 2.42. The molecule has 0 aromatic rings. The number of rotatable bonds is 5. The van der Waals surface area contributed by atoms with Crippen molar-refractivity contribution in [1.29, 1.82) is 0 Å². The van der Waals surface area contributed by atoms with Crippen LogP contribution in [0.3, 0.4) is 0 Å². The first-order chi connectivity index (χ1) is 10.5. The van der Waals surface area contributed by atoms with Crippen LogP contribution in [0.2, 0.25) is 0 Å². The molecule has 1 spiro atoms. The molecule has 3 aliphatic rings. The quantitative estimate of drug-likeness (QED) is 0.572. The van der Waals surface area contributed by atoms with Crippen LogP contribution in [0, 0.1) is 0 Å². The first-order valence-electron chi connectivity index (χ1n) is 8.09. The predicted molar refractivity (Wildman–Crippen MR) is 85.3 cm³/mol. The highest BCUT2D eigenvalue weighted by Gasteiger charge is 2.55. The van der Waals surface area contributed by atoms with Gasteiger partial charge in [0.1, 0.15) is 5.54 Å². The summed E-state index contributed by atoms with van der Waals surface area (Å²) in [5.41, 5.74) is -0.708. The number of amides is 3. The number of piperidine rings is 1. The van der Waals surface area contributed by atoms with Crippen molar-refractivity contribution in [2.45, 2.75) is 63.1 Å². The largest absolute Gasteiger partial charge is 0.466 e. The molecule has 130 valence electrons. The fourth-order valence-electron chi connectivity index (χ4n) is 4.16. The normalized spacial score (nSPS) is 32.4. The molecule has 3 aliphatic heterocycles. The number of urea groups is 1. The topological polar surface area (TPSA) is 87.7 Å². The molecule has 8 heteroatoms. The molecule has 0 aliphatic carbocycles. The minimum absolute atomic E-state index is 0. The van der Waals surface area contributed by atoms with Crippen molar-refractivity contribution in [3.8, 4) is 0 Å². The monoisotopic (exact) mass is 345 g/mol. The van der Waals surface area contributed by atoms with Gasteiger partial charge in [-0.05, 0) is 45.6 Å². The summed E-state index contributed by atoms with van der Waals surface area (Å²) in [4.78, 5) is 37.3. The van der Waals surface area contributed by atoms with E-state index in [1.54, 1.807) is 0 Å². The van der Waals surface area contributed by atoms with Crippen molar-refractivity contribution in [1.82, 2.24) is 15.5 Å². The number of nitrogens with one attached hydrogen (secondary N) is 2. The minimum Gasteiger partial charge on any atom is -0.466 e. The molecule has 3 fully saturated rings. The number of carbonyl (C=O) groups is 3. The number of esters is 1. The average Bonchev–Trinajstić information content (AvgIpc) is 2.85. The Bertz CT molecular complexity index is 485. The van der Waals surface area contributed by atoms with E-state index < -0.39 is 5.54 Å². The summed E-state index contributed by atoms with van der Waals surface area (Å²) < 4.78 is 4.94. The summed E-state index contributed by atoms with van der Waals surface area (Å²) in [5.74, 6) is -0.327. The molecule has 0 aromatic carbocycles. The van der Waals surface area contributed by atoms with Gasteiger partial charge in [0.15, 0.2) is 0 Å². The Kier molecular flexibility index (Phi) is 5.52. The van der Waals surface area contributed by atoms with Crippen LogP contribution < -0.4 is 10.6 Å². The van der Waals surface area contributed by atoms with Crippen molar-refractivity contribution >= 4 is 30.3 Å². The first-order valence-corrected chi connectivity index (χ1v) is 8.09. The van der Waals surface area contributed by atoms with Crippen molar-refractivity contribution < 1.29 is 19.1 Å². The van der Waals surface area contributed by atoms with Gasteiger partial charge in [-0.15, -0.1) is 12.4 Å². The van der Waals surface area contributed by atoms with Crippen LogP contribution in [-0.2, 0) is 14.3 Å². The summed E-state index contributed by atoms with van der Waals surface area (Å²) in [6.07, 6.45) is 4.65. The van der Waals surface area contributed by atoms with Crippen LogP contribution in [0.5, 0.6) is 0 Å². The first kappa shape index (κ1) is 18.0. The van der Waals surface area contributed by atoms with Gasteiger partial charge in [-0.3, -0.25) is 19.8 Å². The van der Waals surface area contributed by atoms with E-state index >= 15 is 0 Å². The molecule has 3 heterocycles. The second-order valence-electron chi connectivity index (χ2n) is 6.43. The van der Waals surface area contributed by atoms with E-state index in [2.05, 4.69) is 15.5 Å². The number of halogens is 1. The summed E-state index contributed by atoms with van der Waals surface area (Å²) in [6, 6.07) is 0.246. The van der Waals surface area contributed by atoms with Crippen LogP contribution in [0.1, 0.15) is 45.4 Å². The highest BCUT2D eigenvalue weighted by atomic mass is 35.5. The number of imide groups is 1. The SMILES string of the molecule is CCOC(=O)CCCN1C2CCC1CC1(C2)NC(=O)NC1=O.Cl. The van der Waals surface area contributed by atoms with Gasteiger partial charge in [-0.2, -0.15) is 0 Å². The number of hydrogen-bond donors (Lipinski definition) is 2. The van der Waals surface area contributed by atoms with Gasteiger partial charge in [0.25, 0.3) is 5.91 Å². The Balaban J connectivity index is 0.00000192. The molecule has 23 heavy (non-hydrogen) atoms. The fraction of sp³-hybridized carbons (Fsp3) is 0.800. The Labute approximate surface area is 141 Å². The molecule has 2 N–H and O–H groups in total. The van der Waals surface area contributed by atoms with E-state index in [0.29, 0.717) is 38.0 Å². The van der Waals surface area contributed by atoms with Crippen molar-refractivity contribution in [2.24, 2.45) is 0 Å². The Hall–Kier alpha value is -1.34. The van der Waals surface area contributed by atoms with Gasteiger partial charge in [0.2, 0.25) is 0 Å². The van der Waals surface area contributed by atoms with E-state index in [1.807, 2.05) is 6.92 Å². The Morgan fingerprint density at radius 1 is 1.30 bits per heavy atom. The number of carbonyl (C=O) groups excluding carboxylic acids is 3. The van der Waals surface area contributed by atoms with E-state index in [9.17, 15) is 14.4 Å². The number of fused-ring (bicyclic) bond motifs is 2. The lowest BCUT2D eigenvalue weighted by molar-refractivity contribution is -0.143. The molecule has 7 nitrogen and oxygen atoms in total. The number of hydrogen-bond acceptors (Lipinski definition) is 5. The van der Waals surface area contributed by atoms with Gasteiger partial charge >= 0.3 is 12.0 Å². The van der Waals surface area contributed by atoms with Crippen molar-refractivity contribution in [3.05, 3.63) is 0 Å². The van der Waals surface area contributed by atoms with Gasteiger partial charge in [-0.1, -0.05) is 0 Å². The zero-order valence-electron chi connectivity index (χ0n) is 13.3. The molecule has 3 amide bonds. The third-order valence-corrected chi connectivity index (χ3v) is 5.06. The summed E-state index contributed by atoms with van der Waals surface area (Å²) in [7, 11) is 0. The Morgan fingerprint density at radius 2 is 1.96 bits per heavy atom. The molecule has 2 atom stereocenters. The lowest BCUT2D eigenvalue weighted by Gasteiger charge is -2.43. The van der Waals surface area contributed by atoms with E-state index in [0.717, 1.165) is 25.8 Å². The summed E-state index contributed by atoms with van der Waals surface area (Å²) in [6.45, 7) is 3.08. The lowest BCUT2D eigenvalue weighted by atomic mass is 9.82. The van der Waals surface area contributed by atoms with E-state index in [1.165, 1.54) is 0 Å². The number of nitrogens with zero attached hydrogens (tertiary/aromatic N) is 1. The molecule has 2 bridgehead atoms. The second kappa shape index (κ2) is 7.05. The molecular formula is C15H24ClN3O4. The van der Waals surface area contributed by atoms with E-state index in [4.69, 9.17) is 4.74 Å². The lowest BCUT2D eigenvalue weighted by Crippen LogP contribution is -2.59. The van der Waals surface area contributed by atoms with Crippen LogP contribution in [0.15, 0.2) is 0 Å². The average molecular weight is 346 g/mol. The fourth-order valence-corrected chi connectivity index (χ4v) is 4.16. The third-order valence-electron chi connectivity index (χ3n) is 5.06. The molecule has 3 rings (SSSR count). The Morgan fingerprint density at radius 3 is 2.48 bits per heavy atom. The van der Waals surface area contributed by atoms with Crippen LogP contribution in [0.25, 0.3) is 0 Å². The van der Waals surface area contributed by atoms with Crippen LogP contribution >= 0.6 is 12.4 Å². The molecule has 0 radical (unpaired) electrons. The van der Waals surface area contributed by atoms with E-state index in [-0.39, 0.29) is 30.3 Å². The van der Waals surface area contributed by atoms with Gasteiger partial charge in [0, 0.05) is 18.5 Å². The second-order valence-corrected chi connectivity index (χ2v) is 6.43. The summed E-state index contributed by atoms with van der Waals surface area (Å²) >= 11 is 0. The highest BCUT2D eigenvalue weighted by molar-refractivity contribution is 6.07. The van der Waals surface area contributed by atoms with Gasteiger partial charge in [0.05, 0.1) is 6.61 Å². The van der Waals surface area contributed by atoms with Crippen molar-refractivity contribution in [2.75, 3.05) is 13.2 Å². The zero-order chi connectivity index (χ0) is 15.7. The maximum atomic E-state index is 12.1. The zero-order valence-corrected chi connectivity index (χ0v) is 14.1. The predicted octanol–water partition coefficient (Wildman–Crippen LogP) is 0.957. The van der Waals surface area contributed by atoms with Gasteiger partial charge in [-0.25, -0.2) is 4.79 Å². The summed E-state index contributed by atoms with van der Waals surface area (Å²) in [5, 5.41) is 5.20. The third kappa shape index (κ3) is 3.45. The van der Waals surface area contributed by atoms with Gasteiger partial charge < -0.3 is 10.1 Å². The van der Waals surface area contributed by atoms with Crippen LogP contribution in [0.4, 0.5) is 4.79 Å². The standard InChI is InChI=1S/C15H23N3O4.ClH/c1-2-22-12(19)4-3-7-18-10-5-6-11(18)9-15(8-10)13(20)16-14(21)17-15;/h10-11H,2-9H2,1H3,(H2,16,17,20,21);1H. The number of ether oxygens (including phenoxy) is 1. The maximum Gasteiger partial charge on any atom is 0.322 e. The molecule has 0 saturated carbocycles. The molecule has 0 aromatic heterocycles. The van der Waals surface area contributed by atoms with Crippen LogP contribution in [-0.4, -0.2) is 53.6 Å². The molecule has 3 saturated heterocycles. The smallest absolute Gasteiger partial charge is 0.322 e.